The molecule has 3 N–H and O–H groups in total. The SMILES string of the molecule is CC(CC(=O)Nc1ccc(N)nc1)c1ccccc1C(F)(F)F.Cl. The Morgan fingerprint density at radius 3 is 2.50 bits per heavy atom. The number of alkyl halides is 3. The second kappa shape index (κ2) is 8.01. The maximum Gasteiger partial charge on any atom is 0.416 e. The Hall–Kier alpha value is -2.28. The summed E-state index contributed by atoms with van der Waals surface area (Å²) < 4.78 is 39.0. The van der Waals surface area contributed by atoms with Crippen LogP contribution in [0.2, 0.25) is 0 Å². The Morgan fingerprint density at radius 2 is 1.92 bits per heavy atom. The third-order valence-corrected chi connectivity index (χ3v) is 3.36. The minimum absolute atomic E-state index is 0. The summed E-state index contributed by atoms with van der Waals surface area (Å²) in [5.41, 5.74) is 5.28. The number of pyridine rings is 1. The van der Waals surface area contributed by atoms with Crippen LogP contribution < -0.4 is 11.1 Å². The second-order valence-corrected chi connectivity index (χ2v) is 5.21. The molecule has 0 radical (unpaired) electrons. The van der Waals surface area contributed by atoms with Crippen molar-refractivity contribution in [3.05, 3.63) is 53.7 Å². The molecule has 1 unspecified atom stereocenters. The molecule has 0 aliphatic rings. The van der Waals surface area contributed by atoms with E-state index in [-0.39, 0.29) is 30.3 Å². The number of carbonyl (C=O) groups is 1. The fourth-order valence-corrected chi connectivity index (χ4v) is 2.26. The van der Waals surface area contributed by atoms with Crippen LogP contribution in [0.4, 0.5) is 24.7 Å². The molecule has 24 heavy (non-hydrogen) atoms. The minimum Gasteiger partial charge on any atom is -0.384 e. The van der Waals surface area contributed by atoms with Gasteiger partial charge < -0.3 is 11.1 Å². The number of amides is 1. The third kappa shape index (κ3) is 5.13. The number of nitrogen functional groups attached to an aromatic ring is 1. The number of hydrogen-bond acceptors (Lipinski definition) is 3. The van der Waals surface area contributed by atoms with E-state index in [4.69, 9.17) is 5.73 Å². The number of aromatic nitrogens is 1. The number of nitrogens with zero attached hydrogens (tertiary/aromatic N) is 1. The van der Waals surface area contributed by atoms with E-state index in [1.54, 1.807) is 13.0 Å². The topological polar surface area (TPSA) is 68.0 Å². The summed E-state index contributed by atoms with van der Waals surface area (Å²) in [5, 5.41) is 2.59. The number of hydrogen-bond donors (Lipinski definition) is 2. The largest absolute Gasteiger partial charge is 0.416 e. The highest BCUT2D eigenvalue weighted by atomic mass is 35.5. The minimum atomic E-state index is -4.44. The van der Waals surface area contributed by atoms with Crippen LogP contribution in [-0.2, 0) is 11.0 Å². The van der Waals surface area contributed by atoms with Crippen molar-refractivity contribution in [1.29, 1.82) is 0 Å². The lowest BCUT2D eigenvalue weighted by molar-refractivity contribution is -0.138. The number of benzene rings is 1. The molecule has 0 saturated heterocycles. The summed E-state index contributed by atoms with van der Waals surface area (Å²) in [6, 6.07) is 8.38. The molecule has 4 nitrogen and oxygen atoms in total. The first kappa shape index (κ1) is 19.8. The second-order valence-electron chi connectivity index (χ2n) is 5.21. The van der Waals surface area contributed by atoms with Crippen LogP contribution in [0.1, 0.15) is 30.4 Å². The Labute approximate surface area is 143 Å². The molecule has 1 aromatic carbocycles. The molecule has 2 aromatic rings. The zero-order valence-corrected chi connectivity index (χ0v) is 13.6. The lowest BCUT2D eigenvalue weighted by Gasteiger charge is -2.18. The number of anilines is 2. The summed E-state index contributed by atoms with van der Waals surface area (Å²) >= 11 is 0. The van der Waals surface area contributed by atoms with Crippen LogP contribution in [0.5, 0.6) is 0 Å². The number of carbonyl (C=O) groups excluding carboxylic acids is 1. The highest BCUT2D eigenvalue weighted by molar-refractivity contribution is 5.91. The molecule has 0 fully saturated rings. The smallest absolute Gasteiger partial charge is 0.384 e. The molecule has 0 aliphatic carbocycles. The highest BCUT2D eigenvalue weighted by Crippen LogP contribution is 2.36. The van der Waals surface area contributed by atoms with E-state index in [1.165, 1.54) is 30.5 Å². The molecular weight excluding hydrogens is 343 g/mol. The first-order chi connectivity index (χ1) is 10.8. The molecule has 0 bridgehead atoms. The van der Waals surface area contributed by atoms with Gasteiger partial charge in [0.15, 0.2) is 0 Å². The predicted octanol–water partition coefficient (Wildman–Crippen LogP) is 4.24. The van der Waals surface area contributed by atoms with Crippen molar-refractivity contribution in [2.75, 3.05) is 11.1 Å². The highest BCUT2D eigenvalue weighted by Gasteiger charge is 2.34. The predicted molar refractivity (Wildman–Crippen MR) is 89.0 cm³/mol. The van der Waals surface area contributed by atoms with Gasteiger partial charge in [0, 0.05) is 6.42 Å². The molecule has 0 saturated carbocycles. The monoisotopic (exact) mass is 359 g/mol. The van der Waals surface area contributed by atoms with E-state index in [9.17, 15) is 18.0 Å². The van der Waals surface area contributed by atoms with Crippen molar-refractivity contribution >= 4 is 29.8 Å². The van der Waals surface area contributed by atoms with E-state index < -0.39 is 17.7 Å². The van der Waals surface area contributed by atoms with Crippen LogP contribution >= 0.6 is 12.4 Å². The Bertz CT molecular complexity index is 690. The van der Waals surface area contributed by atoms with Gasteiger partial charge in [-0.2, -0.15) is 13.2 Å². The lowest BCUT2D eigenvalue weighted by Crippen LogP contribution is -2.17. The quantitative estimate of drug-likeness (QED) is 0.858. The van der Waals surface area contributed by atoms with Gasteiger partial charge in [0.1, 0.15) is 5.82 Å². The molecule has 0 aliphatic heterocycles. The van der Waals surface area contributed by atoms with Gasteiger partial charge in [0.05, 0.1) is 17.4 Å². The zero-order valence-electron chi connectivity index (χ0n) is 12.8. The number of nitrogens with one attached hydrogen (secondary N) is 1. The fourth-order valence-electron chi connectivity index (χ4n) is 2.26. The van der Waals surface area contributed by atoms with Crippen molar-refractivity contribution < 1.29 is 18.0 Å². The van der Waals surface area contributed by atoms with Crippen molar-refractivity contribution in [3.63, 3.8) is 0 Å². The standard InChI is InChI=1S/C16H16F3N3O.ClH/c1-10(12-4-2-3-5-13(12)16(17,18)19)8-15(23)22-11-6-7-14(20)21-9-11;/h2-7,9-10H,8H2,1H3,(H2,20,21)(H,22,23);1H. The van der Waals surface area contributed by atoms with Gasteiger partial charge in [-0.1, -0.05) is 25.1 Å². The molecule has 8 heteroatoms. The molecule has 1 atom stereocenters. The summed E-state index contributed by atoms with van der Waals surface area (Å²) in [6.45, 7) is 1.59. The van der Waals surface area contributed by atoms with E-state index in [1.807, 2.05) is 0 Å². The third-order valence-electron chi connectivity index (χ3n) is 3.36. The number of rotatable bonds is 4. The fraction of sp³-hybridized carbons (Fsp3) is 0.250. The van der Waals surface area contributed by atoms with Gasteiger partial charge in [0.2, 0.25) is 5.91 Å². The van der Waals surface area contributed by atoms with E-state index in [0.717, 1.165) is 6.07 Å². The summed E-state index contributed by atoms with van der Waals surface area (Å²) in [7, 11) is 0. The first-order valence-electron chi connectivity index (χ1n) is 6.95. The van der Waals surface area contributed by atoms with Gasteiger partial charge in [0.25, 0.3) is 0 Å². The van der Waals surface area contributed by atoms with Crippen LogP contribution in [0.15, 0.2) is 42.6 Å². The zero-order chi connectivity index (χ0) is 17.0. The molecular formula is C16H17ClF3N3O. The molecule has 2 rings (SSSR count). The van der Waals surface area contributed by atoms with Crippen molar-refractivity contribution in [3.8, 4) is 0 Å². The summed E-state index contributed by atoms with van der Waals surface area (Å²) in [4.78, 5) is 15.8. The van der Waals surface area contributed by atoms with Gasteiger partial charge in [-0.3, -0.25) is 4.79 Å². The van der Waals surface area contributed by atoms with Gasteiger partial charge >= 0.3 is 6.18 Å². The van der Waals surface area contributed by atoms with Crippen LogP contribution in [0.3, 0.4) is 0 Å². The van der Waals surface area contributed by atoms with Gasteiger partial charge in [-0.15, -0.1) is 12.4 Å². The van der Waals surface area contributed by atoms with Crippen LogP contribution in [-0.4, -0.2) is 10.9 Å². The van der Waals surface area contributed by atoms with Crippen LogP contribution in [0.25, 0.3) is 0 Å². The molecule has 1 heterocycles. The number of halogens is 4. The van der Waals surface area contributed by atoms with Gasteiger partial charge in [-0.05, 0) is 29.7 Å². The van der Waals surface area contributed by atoms with E-state index in [2.05, 4.69) is 10.3 Å². The lowest BCUT2D eigenvalue weighted by atomic mass is 9.92. The molecule has 1 aromatic heterocycles. The van der Waals surface area contributed by atoms with E-state index >= 15 is 0 Å². The van der Waals surface area contributed by atoms with Gasteiger partial charge in [-0.25, -0.2) is 4.98 Å². The average molecular weight is 360 g/mol. The van der Waals surface area contributed by atoms with Crippen molar-refractivity contribution in [2.45, 2.75) is 25.4 Å². The molecule has 1 amide bonds. The van der Waals surface area contributed by atoms with Crippen molar-refractivity contribution in [2.24, 2.45) is 0 Å². The maximum atomic E-state index is 13.0. The maximum absolute atomic E-state index is 13.0. The Balaban J connectivity index is 0.00000288. The molecule has 0 spiro atoms. The molecule has 130 valence electrons. The van der Waals surface area contributed by atoms with Crippen LogP contribution in [0, 0.1) is 0 Å². The van der Waals surface area contributed by atoms with Crippen molar-refractivity contribution in [1.82, 2.24) is 4.98 Å². The first-order valence-corrected chi connectivity index (χ1v) is 6.95. The number of nitrogens with two attached hydrogens (primary N) is 1. The normalized spacial score (nSPS) is 12.2. The van der Waals surface area contributed by atoms with E-state index in [0.29, 0.717) is 11.5 Å². The Morgan fingerprint density at radius 1 is 1.25 bits per heavy atom. The summed E-state index contributed by atoms with van der Waals surface area (Å²) in [5.74, 6) is -0.647. The Kier molecular flexibility index (Phi) is 6.60. The summed E-state index contributed by atoms with van der Waals surface area (Å²) in [6.07, 6.45) is -3.12. The average Bonchev–Trinajstić information content (AvgIpc) is 2.48.